The molecule has 3 nitrogen and oxygen atoms in total. The molecule has 2 spiro atoms. The van der Waals surface area contributed by atoms with Crippen molar-refractivity contribution in [3.05, 3.63) is 36.6 Å². The van der Waals surface area contributed by atoms with E-state index in [-0.39, 0.29) is 1.43 Å². The molecule has 1 N–H and O–H groups in total. The van der Waals surface area contributed by atoms with E-state index in [1.807, 2.05) is 40.3 Å². The Hall–Kier alpha value is -1.35. The Kier molecular flexibility index (Phi) is 14.5. The van der Waals surface area contributed by atoms with Crippen molar-refractivity contribution in [2.75, 3.05) is 20.3 Å². The first-order valence-electron chi connectivity index (χ1n) is 19.7. The van der Waals surface area contributed by atoms with Crippen molar-refractivity contribution in [3.8, 4) is 0 Å². The number of unbranched alkanes of at least 4 members (excludes halogenated alkanes) is 1. The molecule has 0 aromatic rings. The Labute approximate surface area is 282 Å². The molecule has 5 saturated carbocycles. The van der Waals surface area contributed by atoms with E-state index >= 15 is 0 Å². The van der Waals surface area contributed by atoms with Crippen molar-refractivity contribution >= 4 is 5.71 Å². The third-order valence-electron chi connectivity index (χ3n) is 13.5. The quantitative estimate of drug-likeness (QED) is 0.232. The Morgan fingerprint density at radius 2 is 1.73 bits per heavy atom. The van der Waals surface area contributed by atoms with E-state index in [2.05, 4.69) is 57.1 Å². The largest absolute Gasteiger partial charge is 0.394 e. The van der Waals surface area contributed by atoms with Crippen LogP contribution in [-0.2, 0) is 0 Å². The minimum atomic E-state index is 0. The molecule has 0 heterocycles. The molecule has 5 fully saturated rings. The number of hydrogen-bond acceptors (Lipinski definition) is 3. The lowest BCUT2D eigenvalue weighted by atomic mass is 9.59. The number of nitrogens with one attached hydrogen (secondary N) is 1. The highest BCUT2D eigenvalue weighted by molar-refractivity contribution is 5.85. The lowest BCUT2D eigenvalue weighted by Gasteiger charge is -2.45. The number of allylic oxidation sites excluding steroid dienone is 3. The second-order valence-corrected chi connectivity index (χ2v) is 15.3. The lowest BCUT2D eigenvalue weighted by Crippen LogP contribution is -2.41. The SMILES string of the molecule is C=C1C=C2CCC34C5CCC(/C(C)=N/CN(CCC(C)CCCC)C6CCCC6)C5(C)CCC3C24CC1.C=CNC.CC.CC.[HH]. The van der Waals surface area contributed by atoms with Gasteiger partial charge in [-0.3, -0.25) is 9.89 Å². The maximum absolute atomic E-state index is 5.46. The van der Waals surface area contributed by atoms with Gasteiger partial charge in [0.25, 0.3) is 0 Å². The summed E-state index contributed by atoms with van der Waals surface area (Å²) in [6, 6.07) is 0.784. The molecule has 0 bridgehead atoms. The highest BCUT2D eigenvalue weighted by Gasteiger charge is 2.84. The van der Waals surface area contributed by atoms with Gasteiger partial charge in [0.2, 0.25) is 0 Å². The maximum Gasteiger partial charge on any atom is 0.0911 e. The number of aliphatic imine (C=N–C) groups is 1. The monoisotopic (exact) mass is 624 g/mol. The molecular weight excluding hydrogens is 546 g/mol. The van der Waals surface area contributed by atoms with Crippen LogP contribution in [0.3, 0.4) is 0 Å². The number of hydrogen-bond donors (Lipinski definition) is 1. The van der Waals surface area contributed by atoms with Crippen LogP contribution in [0.15, 0.2) is 41.6 Å². The summed E-state index contributed by atoms with van der Waals surface area (Å²) >= 11 is 0. The molecule has 0 radical (unpaired) electrons. The average molecular weight is 624 g/mol. The van der Waals surface area contributed by atoms with E-state index in [0.717, 1.165) is 30.5 Å². The summed E-state index contributed by atoms with van der Waals surface area (Å²) in [5, 5.41) is 2.69. The predicted molar refractivity (Wildman–Crippen MR) is 202 cm³/mol. The number of fused-ring (bicyclic) bond motifs is 1. The number of rotatable bonds is 11. The first-order valence-corrected chi connectivity index (χ1v) is 19.7. The molecule has 0 saturated heterocycles. The molecule has 0 aromatic carbocycles. The van der Waals surface area contributed by atoms with Crippen LogP contribution in [0.25, 0.3) is 0 Å². The van der Waals surface area contributed by atoms with E-state index in [9.17, 15) is 0 Å². The van der Waals surface area contributed by atoms with Gasteiger partial charge in [0, 0.05) is 38.1 Å². The van der Waals surface area contributed by atoms with Gasteiger partial charge in [0.1, 0.15) is 0 Å². The zero-order valence-electron chi connectivity index (χ0n) is 31.6. The van der Waals surface area contributed by atoms with Crippen LogP contribution in [0.4, 0.5) is 0 Å². The van der Waals surface area contributed by atoms with Crippen LogP contribution in [0, 0.1) is 39.9 Å². The maximum atomic E-state index is 5.46. The Bertz CT molecular complexity index is 1010. The highest BCUT2D eigenvalue weighted by atomic mass is 15.2. The van der Waals surface area contributed by atoms with Crippen molar-refractivity contribution in [2.24, 2.45) is 44.9 Å². The summed E-state index contributed by atoms with van der Waals surface area (Å²) in [5.41, 5.74) is 6.44. The summed E-state index contributed by atoms with van der Waals surface area (Å²) in [5.74, 6) is 3.49. The van der Waals surface area contributed by atoms with Gasteiger partial charge in [0.05, 0.1) is 6.67 Å². The zero-order valence-corrected chi connectivity index (χ0v) is 31.6. The van der Waals surface area contributed by atoms with Crippen molar-refractivity contribution in [3.63, 3.8) is 0 Å². The van der Waals surface area contributed by atoms with E-state index < -0.39 is 0 Å². The minimum Gasteiger partial charge on any atom is -0.394 e. The van der Waals surface area contributed by atoms with E-state index in [0.29, 0.717) is 22.2 Å². The van der Waals surface area contributed by atoms with Crippen LogP contribution >= 0.6 is 0 Å². The molecule has 0 aliphatic heterocycles. The summed E-state index contributed by atoms with van der Waals surface area (Å²) in [6.45, 7) is 27.9. The first-order chi connectivity index (χ1) is 21.8. The third kappa shape index (κ3) is 7.24. The predicted octanol–water partition coefficient (Wildman–Crippen LogP) is 12.0. The second-order valence-electron chi connectivity index (χ2n) is 15.3. The molecule has 7 unspecified atom stereocenters. The lowest BCUT2D eigenvalue weighted by molar-refractivity contribution is 0.0524. The topological polar surface area (TPSA) is 27.6 Å². The van der Waals surface area contributed by atoms with Gasteiger partial charge < -0.3 is 5.32 Å². The third-order valence-corrected chi connectivity index (χ3v) is 13.5. The molecule has 7 atom stereocenters. The standard InChI is InChI=1S/C35H56N2.C3H7N.2C2H6.H2/c1-6-7-10-25(2)18-22-37(29-11-8-9-12-29)24-36-27(4)30-13-14-31-33(30,5)19-17-32-34-20-15-26(3)23-28(34)16-21-35(31,32)34;1-3-4-2;2*1-2;/h23,25,29-32H,3,6-22,24H2,1-2,4-5H3;3-4H,1H2,2H3;2*1-2H3;1H/b36-27+;;;;. The fourth-order valence-corrected chi connectivity index (χ4v) is 11.5. The van der Waals surface area contributed by atoms with Gasteiger partial charge in [0.15, 0.2) is 0 Å². The Morgan fingerprint density at radius 1 is 1.04 bits per heavy atom. The van der Waals surface area contributed by atoms with Gasteiger partial charge in [-0.25, -0.2) is 0 Å². The molecule has 6 rings (SSSR count). The van der Waals surface area contributed by atoms with Crippen molar-refractivity contribution < 1.29 is 1.43 Å². The smallest absolute Gasteiger partial charge is 0.0911 e. The Balaban J connectivity index is 0.000000749. The molecule has 6 aliphatic rings. The molecule has 6 aliphatic carbocycles. The first kappa shape index (κ1) is 38.1. The van der Waals surface area contributed by atoms with Crippen molar-refractivity contribution in [1.29, 1.82) is 0 Å². The molecule has 45 heavy (non-hydrogen) atoms. The van der Waals surface area contributed by atoms with Crippen molar-refractivity contribution in [1.82, 2.24) is 10.2 Å². The molecule has 0 amide bonds. The van der Waals surface area contributed by atoms with Crippen LogP contribution in [-0.4, -0.2) is 36.9 Å². The van der Waals surface area contributed by atoms with Crippen LogP contribution in [0.2, 0.25) is 0 Å². The number of nitrogens with zero attached hydrogens (tertiary/aromatic N) is 2. The van der Waals surface area contributed by atoms with E-state index in [4.69, 9.17) is 4.99 Å². The van der Waals surface area contributed by atoms with Gasteiger partial charge in [-0.1, -0.05) is 111 Å². The second kappa shape index (κ2) is 17.2. The highest BCUT2D eigenvalue weighted by Crippen LogP contribution is 2.91. The fraction of sp³-hybridized carbons (Fsp3) is 0.833. The average Bonchev–Trinajstić information content (AvgIpc) is 3.55. The summed E-state index contributed by atoms with van der Waals surface area (Å²) in [6.07, 6.45) is 26.6. The molecular formula is C42H77N3. The van der Waals surface area contributed by atoms with Crippen LogP contribution in [0.1, 0.15) is 160 Å². The minimum absolute atomic E-state index is 0. The summed E-state index contributed by atoms with van der Waals surface area (Å²) in [7, 11) is 1.81. The normalized spacial score (nSPS) is 35.2. The fourth-order valence-electron chi connectivity index (χ4n) is 11.5. The van der Waals surface area contributed by atoms with Gasteiger partial charge >= 0.3 is 0 Å². The zero-order chi connectivity index (χ0) is 33.3. The summed E-state index contributed by atoms with van der Waals surface area (Å²) < 4.78 is 0. The van der Waals surface area contributed by atoms with Crippen LogP contribution < -0.4 is 5.32 Å². The van der Waals surface area contributed by atoms with E-state index in [1.54, 1.807) is 6.20 Å². The molecule has 0 aromatic heterocycles. The molecule has 260 valence electrons. The summed E-state index contributed by atoms with van der Waals surface area (Å²) in [4.78, 5) is 8.25. The van der Waals surface area contributed by atoms with E-state index in [1.165, 1.54) is 121 Å². The van der Waals surface area contributed by atoms with Gasteiger partial charge in [-0.2, -0.15) is 0 Å². The van der Waals surface area contributed by atoms with Crippen molar-refractivity contribution in [2.45, 2.75) is 164 Å². The van der Waals surface area contributed by atoms with Gasteiger partial charge in [-0.05, 0) is 112 Å². The molecule has 3 heteroatoms. The van der Waals surface area contributed by atoms with Gasteiger partial charge in [-0.15, -0.1) is 0 Å². The van der Waals surface area contributed by atoms with Crippen LogP contribution in [0.5, 0.6) is 0 Å². The Morgan fingerprint density at radius 3 is 2.38 bits per heavy atom.